The summed E-state index contributed by atoms with van der Waals surface area (Å²) in [6.45, 7) is 1.66. The summed E-state index contributed by atoms with van der Waals surface area (Å²) < 4.78 is 17.2. The van der Waals surface area contributed by atoms with Gasteiger partial charge < -0.3 is 14.5 Å². The molecule has 148 valence electrons. The maximum Gasteiger partial charge on any atom is 0.240 e. The first-order valence-electron chi connectivity index (χ1n) is 9.63. The molecule has 1 amide bonds. The monoisotopic (exact) mass is 391 g/mol. The largest absolute Gasteiger partial charge is 0.355 e. The van der Waals surface area contributed by atoms with Crippen LogP contribution in [0.2, 0.25) is 0 Å². The number of rotatable bonds is 8. The second kappa shape index (κ2) is 8.68. The maximum absolute atomic E-state index is 13.3. The summed E-state index contributed by atoms with van der Waals surface area (Å²) in [7, 11) is 0. The zero-order valence-electron chi connectivity index (χ0n) is 16.0. The molecule has 1 N–H and O–H groups in total. The molecule has 6 nitrogen and oxygen atoms in total. The predicted molar refractivity (Wildman–Crippen MR) is 110 cm³/mol. The van der Waals surface area contributed by atoms with Crippen molar-refractivity contribution in [3.05, 3.63) is 73.2 Å². The molecule has 0 aliphatic rings. The minimum Gasteiger partial charge on any atom is -0.355 e. The number of fused-ring (bicyclic) bond motifs is 1. The molecule has 3 heterocycles. The van der Waals surface area contributed by atoms with Crippen LogP contribution < -0.4 is 5.32 Å². The molecular weight excluding hydrogens is 369 g/mol. The van der Waals surface area contributed by atoms with Gasteiger partial charge in [-0.1, -0.05) is 0 Å². The van der Waals surface area contributed by atoms with Gasteiger partial charge in [-0.15, -0.1) is 0 Å². The molecule has 0 spiro atoms. The highest BCUT2D eigenvalue weighted by molar-refractivity contribution is 5.87. The highest BCUT2D eigenvalue weighted by Crippen LogP contribution is 2.27. The van der Waals surface area contributed by atoms with Crippen molar-refractivity contribution < 1.29 is 9.18 Å². The summed E-state index contributed by atoms with van der Waals surface area (Å²) in [5.74, 6) is -0.359. The van der Waals surface area contributed by atoms with E-state index in [1.165, 1.54) is 12.1 Å². The van der Waals surface area contributed by atoms with Gasteiger partial charge in [0, 0.05) is 37.1 Å². The summed E-state index contributed by atoms with van der Waals surface area (Å²) in [6.07, 6.45) is 9.04. The van der Waals surface area contributed by atoms with Crippen LogP contribution in [-0.2, 0) is 17.9 Å². The number of hydrogen-bond donors (Lipinski definition) is 1. The lowest BCUT2D eigenvalue weighted by Crippen LogP contribution is -2.28. The number of aryl methyl sites for hydroxylation is 1. The third-order valence-corrected chi connectivity index (χ3v) is 4.82. The number of amides is 1. The zero-order chi connectivity index (χ0) is 20.1. The van der Waals surface area contributed by atoms with Crippen molar-refractivity contribution in [1.82, 2.24) is 24.4 Å². The van der Waals surface area contributed by atoms with Crippen molar-refractivity contribution in [2.75, 3.05) is 6.54 Å². The second-order valence-electron chi connectivity index (χ2n) is 6.90. The first-order chi connectivity index (χ1) is 14.2. The predicted octanol–water partition coefficient (Wildman–Crippen LogP) is 3.64. The number of nitrogens with one attached hydrogen (secondary N) is 1. The fourth-order valence-electron chi connectivity index (χ4n) is 3.37. The minimum atomic E-state index is -0.289. The molecular formula is C22H22FN5O. The van der Waals surface area contributed by atoms with Gasteiger partial charge in [-0.2, -0.15) is 0 Å². The van der Waals surface area contributed by atoms with E-state index in [4.69, 9.17) is 0 Å². The molecule has 3 aromatic heterocycles. The van der Waals surface area contributed by atoms with Crippen LogP contribution in [0.25, 0.3) is 22.3 Å². The topological polar surface area (TPSA) is 64.7 Å². The smallest absolute Gasteiger partial charge is 0.240 e. The van der Waals surface area contributed by atoms with Gasteiger partial charge in [-0.05, 0) is 60.9 Å². The summed E-state index contributed by atoms with van der Waals surface area (Å²) in [5.41, 5.74) is 2.42. The van der Waals surface area contributed by atoms with Crippen molar-refractivity contribution in [1.29, 1.82) is 0 Å². The molecule has 1 aromatic carbocycles. The molecule has 0 aliphatic heterocycles. The molecule has 0 fully saturated rings. The number of nitrogens with zero attached hydrogens (tertiary/aromatic N) is 4. The lowest BCUT2D eigenvalue weighted by molar-refractivity contribution is -0.121. The lowest BCUT2D eigenvalue weighted by atomic mass is 10.1. The Hall–Kier alpha value is -3.48. The molecule has 0 radical (unpaired) electrons. The van der Waals surface area contributed by atoms with Gasteiger partial charge in [0.25, 0.3) is 0 Å². The molecule has 0 unspecified atom stereocenters. The number of halogens is 1. The Balaban J connectivity index is 1.43. The number of benzene rings is 1. The maximum atomic E-state index is 13.3. The Kier molecular flexibility index (Phi) is 5.65. The standard InChI is InChI=1S/C22H22FN5O/c23-19-7-5-17(6-8-19)20-14-18-4-3-10-26-22(18)28(20)15-21(29)25-9-1-2-12-27-13-11-24-16-27/h3-8,10-11,13-14,16H,1-2,9,12,15H2,(H,25,29). The van der Waals surface area contributed by atoms with Gasteiger partial charge in [-0.25, -0.2) is 14.4 Å². The quantitative estimate of drug-likeness (QED) is 0.467. The van der Waals surface area contributed by atoms with E-state index in [-0.39, 0.29) is 18.3 Å². The summed E-state index contributed by atoms with van der Waals surface area (Å²) in [4.78, 5) is 21.0. The average Bonchev–Trinajstić information content (AvgIpc) is 3.37. The van der Waals surface area contributed by atoms with Crippen LogP contribution in [0.15, 0.2) is 67.4 Å². The van der Waals surface area contributed by atoms with Gasteiger partial charge in [0.05, 0.1) is 12.0 Å². The number of pyridine rings is 1. The molecule has 0 saturated carbocycles. The van der Waals surface area contributed by atoms with E-state index >= 15 is 0 Å². The fraction of sp³-hybridized carbons (Fsp3) is 0.227. The van der Waals surface area contributed by atoms with E-state index in [1.807, 2.05) is 33.5 Å². The Morgan fingerprint density at radius 3 is 2.76 bits per heavy atom. The molecule has 4 aromatic rings. The van der Waals surface area contributed by atoms with Crippen molar-refractivity contribution >= 4 is 16.9 Å². The molecule has 0 aliphatic carbocycles. The third-order valence-electron chi connectivity index (χ3n) is 4.82. The van der Waals surface area contributed by atoms with E-state index < -0.39 is 0 Å². The Morgan fingerprint density at radius 1 is 1.10 bits per heavy atom. The van der Waals surface area contributed by atoms with Crippen molar-refractivity contribution in [3.63, 3.8) is 0 Å². The van der Waals surface area contributed by atoms with Crippen molar-refractivity contribution in [3.8, 4) is 11.3 Å². The number of aromatic nitrogens is 4. The van der Waals surface area contributed by atoms with Gasteiger partial charge >= 0.3 is 0 Å². The average molecular weight is 391 g/mol. The number of unbranched alkanes of at least 4 members (excludes halogenated alkanes) is 1. The Morgan fingerprint density at radius 2 is 1.97 bits per heavy atom. The highest BCUT2D eigenvalue weighted by Gasteiger charge is 2.14. The normalized spacial score (nSPS) is 11.1. The highest BCUT2D eigenvalue weighted by atomic mass is 19.1. The SMILES string of the molecule is O=C(Cn1c(-c2ccc(F)cc2)cc2cccnc21)NCCCCn1ccnc1. The van der Waals surface area contributed by atoms with Crippen LogP contribution in [-0.4, -0.2) is 31.6 Å². The Labute approximate surface area is 168 Å². The molecule has 0 atom stereocenters. The van der Waals surface area contributed by atoms with Crippen LogP contribution in [0.4, 0.5) is 4.39 Å². The molecule has 4 rings (SSSR count). The van der Waals surface area contributed by atoms with Gasteiger partial charge in [-0.3, -0.25) is 4.79 Å². The van der Waals surface area contributed by atoms with Crippen molar-refractivity contribution in [2.45, 2.75) is 25.9 Å². The molecule has 0 saturated heterocycles. The van der Waals surface area contributed by atoms with Crippen LogP contribution in [0.1, 0.15) is 12.8 Å². The van der Waals surface area contributed by atoms with E-state index in [2.05, 4.69) is 15.3 Å². The fourth-order valence-corrected chi connectivity index (χ4v) is 3.37. The number of hydrogen-bond acceptors (Lipinski definition) is 3. The van der Waals surface area contributed by atoms with Gasteiger partial charge in [0.15, 0.2) is 0 Å². The van der Waals surface area contributed by atoms with Gasteiger partial charge in [0.2, 0.25) is 5.91 Å². The summed E-state index contributed by atoms with van der Waals surface area (Å²) in [6, 6.07) is 12.1. The van der Waals surface area contributed by atoms with Gasteiger partial charge in [0.1, 0.15) is 18.0 Å². The van der Waals surface area contributed by atoms with Crippen LogP contribution >= 0.6 is 0 Å². The number of carbonyl (C=O) groups is 1. The second-order valence-corrected chi connectivity index (χ2v) is 6.90. The minimum absolute atomic E-state index is 0.0702. The molecule has 7 heteroatoms. The number of imidazole rings is 1. The summed E-state index contributed by atoms with van der Waals surface area (Å²) >= 11 is 0. The zero-order valence-corrected chi connectivity index (χ0v) is 16.0. The van der Waals surface area contributed by atoms with Crippen LogP contribution in [0, 0.1) is 5.82 Å². The first-order valence-corrected chi connectivity index (χ1v) is 9.63. The lowest BCUT2D eigenvalue weighted by Gasteiger charge is -2.11. The molecule has 0 bridgehead atoms. The van der Waals surface area contributed by atoms with Crippen LogP contribution in [0.5, 0.6) is 0 Å². The third kappa shape index (κ3) is 4.51. The Bertz CT molecular complexity index is 1090. The van der Waals surface area contributed by atoms with Crippen LogP contribution in [0.3, 0.4) is 0 Å². The summed E-state index contributed by atoms with van der Waals surface area (Å²) in [5, 5.41) is 3.93. The van der Waals surface area contributed by atoms with E-state index in [0.29, 0.717) is 6.54 Å². The first kappa shape index (κ1) is 18.9. The van der Waals surface area contributed by atoms with Crippen molar-refractivity contribution in [2.24, 2.45) is 0 Å². The van der Waals surface area contributed by atoms with E-state index in [0.717, 1.165) is 41.7 Å². The van der Waals surface area contributed by atoms with E-state index in [1.54, 1.807) is 30.9 Å². The van der Waals surface area contributed by atoms with E-state index in [9.17, 15) is 9.18 Å². The number of carbonyl (C=O) groups excluding carboxylic acids is 1. The molecule has 29 heavy (non-hydrogen) atoms.